The van der Waals surface area contributed by atoms with Crippen molar-refractivity contribution in [2.24, 2.45) is 5.92 Å². The van der Waals surface area contributed by atoms with E-state index in [0.717, 1.165) is 37.3 Å². The summed E-state index contributed by atoms with van der Waals surface area (Å²) in [5, 5.41) is 8.26. The van der Waals surface area contributed by atoms with Crippen molar-refractivity contribution < 1.29 is 4.42 Å². The maximum absolute atomic E-state index is 6.13. The molecule has 0 saturated heterocycles. The quantitative estimate of drug-likeness (QED) is 0.811. The van der Waals surface area contributed by atoms with Crippen LogP contribution < -0.4 is 5.32 Å². The van der Waals surface area contributed by atoms with Gasteiger partial charge in [0, 0.05) is 24.6 Å². The van der Waals surface area contributed by atoms with Gasteiger partial charge in [0.05, 0.1) is 6.26 Å². The number of halogens is 1. The van der Waals surface area contributed by atoms with Crippen LogP contribution in [0.3, 0.4) is 0 Å². The van der Waals surface area contributed by atoms with E-state index in [2.05, 4.69) is 36.2 Å². The van der Waals surface area contributed by atoms with Crippen molar-refractivity contribution in [1.29, 1.82) is 0 Å². The van der Waals surface area contributed by atoms with Crippen molar-refractivity contribution in [3.8, 4) is 0 Å². The molecule has 116 valence electrons. The summed E-state index contributed by atoms with van der Waals surface area (Å²) in [5.41, 5.74) is 0.976. The molecule has 1 unspecified atom stereocenters. The summed E-state index contributed by atoms with van der Waals surface area (Å²) in [6, 6.07) is 2.00. The van der Waals surface area contributed by atoms with Crippen LogP contribution >= 0.6 is 11.6 Å². The molecule has 0 bridgehead atoms. The lowest BCUT2D eigenvalue weighted by Crippen LogP contribution is -2.25. The lowest BCUT2D eigenvalue weighted by molar-refractivity contribution is 0.442. The zero-order valence-electron chi connectivity index (χ0n) is 12.8. The van der Waals surface area contributed by atoms with E-state index in [4.69, 9.17) is 16.0 Å². The molecule has 1 N–H and O–H groups in total. The Morgan fingerprint density at radius 3 is 2.86 bits per heavy atom. The summed E-state index contributed by atoms with van der Waals surface area (Å²) in [5.74, 6) is 1.50. The van der Waals surface area contributed by atoms with Crippen LogP contribution in [0.2, 0.25) is 5.22 Å². The molecular weight excluding hydrogens is 288 g/mol. The Kier molecular flexibility index (Phi) is 5.82. The molecule has 0 saturated carbocycles. The van der Waals surface area contributed by atoms with Crippen LogP contribution in [0.15, 0.2) is 23.1 Å². The number of aromatic nitrogens is 3. The van der Waals surface area contributed by atoms with E-state index < -0.39 is 0 Å². The standard InChI is InChI=1S/C15H23ClN4O/c1-4-6-17-13(12-5-7-21-15(12)16)8-14-18-10-19-20(14)9-11(2)3/h5,7,10-11,13,17H,4,6,8-9H2,1-3H3. The van der Waals surface area contributed by atoms with Gasteiger partial charge in [0.1, 0.15) is 12.2 Å². The van der Waals surface area contributed by atoms with Crippen LogP contribution in [-0.4, -0.2) is 21.3 Å². The third kappa shape index (κ3) is 4.32. The second-order valence-electron chi connectivity index (χ2n) is 5.61. The number of nitrogens with zero attached hydrogens (tertiary/aromatic N) is 3. The average molecular weight is 311 g/mol. The first kappa shape index (κ1) is 16.0. The molecule has 0 spiro atoms. The smallest absolute Gasteiger partial charge is 0.197 e. The minimum Gasteiger partial charge on any atom is -0.453 e. The van der Waals surface area contributed by atoms with Gasteiger partial charge in [-0.1, -0.05) is 20.8 Å². The van der Waals surface area contributed by atoms with Crippen LogP contribution in [0, 0.1) is 5.92 Å². The second-order valence-corrected chi connectivity index (χ2v) is 5.96. The van der Waals surface area contributed by atoms with Gasteiger partial charge in [-0.2, -0.15) is 5.10 Å². The first-order valence-electron chi connectivity index (χ1n) is 7.44. The summed E-state index contributed by atoms with van der Waals surface area (Å²) in [6.45, 7) is 8.28. The van der Waals surface area contributed by atoms with Gasteiger partial charge in [-0.25, -0.2) is 9.67 Å². The predicted octanol–water partition coefficient (Wildman–Crippen LogP) is 3.46. The van der Waals surface area contributed by atoms with Crippen LogP contribution in [0.4, 0.5) is 0 Å². The Balaban J connectivity index is 2.15. The molecule has 2 aromatic heterocycles. The summed E-state index contributed by atoms with van der Waals surface area (Å²) in [7, 11) is 0. The van der Waals surface area contributed by atoms with Gasteiger partial charge in [0.25, 0.3) is 0 Å². The van der Waals surface area contributed by atoms with Crippen LogP contribution in [-0.2, 0) is 13.0 Å². The lowest BCUT2D eigenvalue weighted by atomic mass is 10.1. The third-order valence-electron chi connectivity index (χ3n) is 3.28. The van der Waals surface area contributed by atoms with Gasteiger partial charge in [-0.3, -0.25) is 0 Å². The number of nitrogens with one attached hydrogen (secondary N) is 1. The topological polar surface area (TPSA) is 55.9 Å². The van der Waals surface area contributed by atoms with Gasteiger partial charge in [0.2, 0.25) is 0 Å². The largest absolute Gasteiger partial charge is 0.453 e. The monoisotopic (exact) mass is 310 g/mol. The normalized spacial score (nSPS) is 13.0. The fraction of sp³-hybridized carbons (Fsp3) is 0.600. The Morgan fingerprint density at radius 1 is 1.43 bits per heavy atom. The predicted molar refractivity (Wildman–Crippen MR) is 83.3 cm³/mol. The highest BCUT2D eigenvalue weighted by Crippen LogP contribution is 2.26. The first-order chi connectivity index (χ1) is 10.1. The van der Waals surface area contributed by atoms with Crippen molar-refractivity contribution in [2.45, 2.75) is 46.2 Å². The number of hydrogen-bond acceptors (Lipinski definition) is 4. The van der Waals surface area contributed by atoms with Gasteiger partial charge < -0.3 is 9.73 Å². The second kappa shape index (κ2) is 7.61. The molecule has 0 fully saturated rings. The molecule has 0 amide bonds. The molecule has 21 heavy (non-hydrogen) atoms. The summed E-state index contributed by atoms with van der Waals surface area (Å²) in [6.07, 6.45) is 5.04. The van der Waals surface area contributed by atoms with Gasteiger partial charge in [-0.15, -0.1) is 0 Å². The molecular formula is C15H23ClN4O. The van der Waals surface area contributed by atoms with E-state index in [-0.39, 0.29) is 6.04 Å². The highest BCUT2D eigenvalue weighted by molar-refractivity contribution is 6.29. The van der Waals surface area contributed by atoms with E-state index in [0.29, 0.717) is 11.1 Å². The molecule has 0 aliphatic carbocycles. The zero-order chi connectivity index (χ0) is 15.2. The van der Waals surface area contributed by atoms with E-state index in [1.54, 1.807) is 12.6 Å². The molecule has 2 rings (SSSR count). The maximum atomic E-state index is 6.13. The molecule has 2 aromatic rings. The van der Waals surface area contributed by atoms with Gasteiger partial charge in [-0.05, 0) is 36.6 Å². The van der Waals surface area contributed by atoms with E-state index in [1.807, 2.05) is 10.7 Å². The van der Waals surface area contributed by atoms with Crippen LogP contribution in [0.1, 0.15) is 44.6 Å². The highest BCUT2D eigenvalue weighted by Gasteiger charge is 2.20. The molecule has 5 nitrogen and oxygen atoms in total. The highest BCUT2D eigenvalue weighted by atomic mass is 35.5. The van der Waals surface area contributed by atoms with Crippen molar-refractivity contribution in [1.82, 2.24) is 20.1 Å². The number of hydrogen-bond donors (Lipinski definition) is 1. The molecule has 1 atom stereocenters. The first-order valence-corrected chi connectivity index (χ1v) is 7.82. The Bertz CT molecular complexity index is 549. The van der Waals surface area contributed by atoms with Crippen LogP contribution in [0.5, 0.6) is 0 Å². The molecule has 0 aromatic carbocycles. The lowest BCUT2D eigenvalue weighted by Gasteiger charge is -2.18. The van der Waals surface area contributed by atoms with E-state index >= 15 is 0 Å². The Morgan fingerprint density at radius 2 is 2.24 bits per heavy atom. The van der Waals surface area contributed by atoms with E-state index in [9.17, 15) is 0 Å². The maximum Gasteiger partial charge on any atom is 0.197 e. The minimum atomic E-state index is 0.0892. The zero-order valence-corrected chi connectivity index (χ0v) is 13.6. The van der Waals surface area contributed by atoms with Gasteiger partial charge in [0.15, 0.2) is 5.22 Å². The fourth-order valence-corrected chi connectivity index (χ4v) is 2.54. The Labute approximate surface area is 130 Å². The van der Waals surface area contributed by atoms with Crippen molar-refractivity contribution in [3.63, 3.8) is 0 Å². The average Bonchev–Trinajstić information content (AvgIpc) is 3.03. The third-order valence-corrected chi connectivity index (χ3v) is 3.59. The van der Waals surface area contributed by atoms with Crippen molar-refractivity contribution in [2.75, 3.05) is 6.54 Å². The summed E-state index contributed by atoms with van der Waals surface area (Å²) < 4.78 is 7.19. The summed E-state index contributed by atoms with van der Waals surface area (Å²) in [4.78, 5) is 4.39. The Hall–Kier alpha value is -1.33. The van der Waals surface area contributed by atoms with Gasteiger partial charge >= 0.3 is 0 Å². The molecule has 6 heteroatoms. The molecule has 2 heterocycles. The summed E-state index contributed by atoms with van der Waals surface area (Å²) >= 11 is 6.13. The van der Waals surface area contributed by atoms with Crippen molar-refractivity contribution >= 4 is 11.6 Å². The minimum absolute atomic E-state index is 0.0892. The molecule has 0 aliphatic rings. The van der Waals surface area contributed by atoms with Crippen LogP contribution in [0.25, 0.3) is 0 Å². The number of rotatable bonds is 8. The molecule has 0 radical (unpaired) electrons. The van der Waals surface area contributed by atoms with Crippen molar-refractivity contribution in [3.05, 3.63) is 35.3 Å². The van der Waals surface area contributed by atoms with E-state index in [1.165, 1.54) is 0 Å². The fourth-order valence-electron chi connectivity index (χ4n) is 2.29. The SMILES string of the molecule is CCCNC(Cc1ncnn1CC(C)C)c1ccoc1Cl. The number of furan rings is 1. The molecule has 0 aliphatic heterocycles.